The SMILES string of the molecule is CCOP(C)(=O)COC1OCC(n2ccc(N)nc2=O)S1. The van der Waals surface area contributed by atoms with Crippen molar-refractivity contribution in [1.29, 1.82) is 0 Å². The Balaban J connectivity index is 1.92. The van der Waals surface area contributed by atoms with Gasteiger partial charge < -0.3 is 19.7 Å². The minimum atomic E-state index is -2.77. The van der Waals surface area contributed by atoms with E-state index >= 15 is 0 Å². The van der Waals surface area contributed by atoms with Crippen LogP contribution in [0, 0.1) is 0 Å². The molecule has 3 unspecified atom stereocenters. The lowest BCUT2D eigenvalue weighted by Gasteiger charge is -2.16. The molecule has 0 radical (unpaired) electrons. The van der Waals surface area contributed by atoms with Crippen LogP contribution in [0.3, 0.4) is 0 Å². The van der Waals surface area contributed by atoms with Crippen LogP contribution in [-0.4, -0.2) is 41.4 Å². The molecule has 1 aliphatic heterocycles. The summed E-state index contributed by atoms with van der Waals surface area (Å²) in [7, 11) is -2.77. The number of nitrogens with two attached hydrogens (primary N) is 1. The maximum absolute atomic E-state index is 11.9. The van der Waals surface area contributed by atoms with Gasteiger partial charge in [0.1, 0.15) is 17.5 Å². The summed E-state index contributed by atoms with van der Waals surface area (Å²) in [6, 6.07) is 1.55. The number of aromatic nitrogens is 2. The molecule has 0 amide bonds. The van der Waals surface area contributed by atoms with Crippen molar-refractivity contribution in [2.45, 2.75) is 17.9 Å². The Hall–Kier alpha value is -0.860. The van der Waals surface area contributed by atoms with Crippen LogP contribution >= 0.6 is 19.1 Å². The molecule has 1 fully saturated rings. The lowest BCUT2D eigenvalue weighted by atomic mass is 10.5. The van der Waals surface area contributed by atoms with Gasteiger partial charge in [-0.05, 0) is 13.0 Å². The molecule has 1 aromatic rings. The Morgan fingerprint density at radius 3 is 3.10 bits per heavy atom. The highest BCUT2D eigenvalue weighted by Gasteiger charge is 2.30. The maximum atomic E-state index is 11.9. The van der Waals surface area contributed by atoms with E-state index in [0.29, 0.717) is 13.2 Å². The molecule has 0 aromatic carbocycles. The molecular formula is C11H18N3O5PS. The van der Waals surface area contributed by atoms with E-state index in [4.69, 9.17) is 19.7 Å². The standard InChI is InChI=1S/C11H18N3O5PS/c1-3-19-20(2,16)7-18-11-17-6-9(21-11)14-5-4-8(12)13-10(14)15/h4-5,9,11H,3,6-7H2,1-2H3,(H2,12,13,15). The number of nitrogen functional groups attached to an aromatic ring is 1. The van der Waals surface area contributed by atoms with E-state index in [9.17, 15) is 9.36 Å². The maximum Gasteiger partial charge on any atom is 0.350 e. The topological polar surface area (TPSA) is 106 Å². The van der Waals surface area contributed by atoms with Crippen molar-refractivity contribution >= 4 is 24.9 Å². The lowest BCUT2D eigenvalue weighted by molar-refractivity contribution is -0.0580. The van der Waals surface area contributed by atoms with Crippen molar-refractivity contribution < 1.29 is 18.6 Å². The summed E-state index contributed by atoms with van der Waals surface area (Å²) in [6.45, 7) is 3.95. The fourth-order valence-corrected chi connectivity index (χ4v) is 3.89. The van der Waals surface area contributed by atoms with Gasteiger partial charge in [-0.25, -0.2) is 4.79 Å². The van der Waals surface area contributed by atoms with Crippen molar-refractivity contribution in [2.75, 3.05) is 32.0 Å². The minimum Gasteiger partial charge on any atom is -0.383 e. The second-order valence-electron chi connectivity index (χ2n) is 4.48. The highest BCUT2D eigenvalue weighted by molar-refractivity contribution is 7.99. The largest absolute Gasteiger partial charge is 0.383 e. The van der Waals surface area contributed by atoms with Crippen LogP contribution in [0.1, 0.15) is 12.3 Å². The van der Waals surface area contributed by atoms with Crippen molar-refractivity contribution in [3.8, 4) is 0 Å². The van der Waals surface area contributed by atoms with Gasteiger partial charge in [0.25, 0.3) is 0 Å². The summed E-state index contributed by atoms with van der Waals surface area (Å²) in [5.41, 5.74) is 4.42. The van der Waals surface area contributed by atoms with E-state index in [1.54, 1.807) is 19.2 Å². The molecule has 0 aliphatic carbocycles. The van der Waals surface area contributed by atoms with Crippen LogP contribution in [-0.2, 0) is 18.6 Å². The minimum absolute atomic E-state index is 0.0277. The van der Waals surface area contributed by atoms with E-state index in [2.05, 4.69) is 4.98 Å². The quantitative estimate of drug-likeness (QED) is 0.775. The van der Waals surface area contributed by atoms with Crippen molar-refractivity contribution in [3.05, 3.63) is 22.7 Å². The molecule has 2 rings (SSSR count). The first-order valence-electron chi connectivity index (χ1n) is 6.35. The van der Waals surface area contributed by atoms with Crippen LogP contribution in [0.2, 0.25) is 0 Å². The van der Waals surface area contributed by atoms with Gasteiger partial charge in [-0.15, -0.1) is 0 Å². The summed E-state index contributed by atoms with van der Waals surface area (Å²) >= 11 is 1.30. The molecular weight excluding hydrogens is 317 g/mol. The first-order valence-corrected chi connectivity index (χ1v) is 9.55. The number of ether oxygens (including phenoxy) is 2. The predicted molar refractivity (Wildman–Crippen MR) is 80.4 cm³/mol. The van der Waals surface area contributed by atoms with Crippen LogP contribution in [0.5, 0.6) is 0 Å². The van der Waals surface area contributed by atoms with E-state index < -0.39 is 18.7 Å². The van der Waals surface area contributed by atoms with Crippen molar-refractivity contribution in [1.82, 2.24) is 9.55 Å². The number of nitrogens with zero attached hydrogens (tertiary/aromatic N) is 2. The molecule has 10 heteroatoms. The summed E-state index contributed by atoms with van der Waals surface area (Å²) in [4.78, 5) is 15.4. The van der Waals surface area contributed by atoms with Crippen molar-refractivity contribution in [2.24, 2.45) is 0 Å². The van der Waals surface area contributed by atoms with Crippen LogP contribution in [0.25, 0.3) is 0 Å². The van der Waals surface area contributed by atoms with E-state index in [-0.39, 0.29) is 17.5 Å². The third-order valence-corrected chi connectivity index (χ3v) is 5.25. The van der Waals surface area contributed by atoms with Crippen LogP contribution in [0.15, 0.2) is 17.1 Å². The van der Waals surface area contributed by atoms with Crippen LogP contribution < -0.4 is 11.4 Å². The van der Waals surface area contributed by atoms with Gasteiger partial charge in [0.15, 0.2) is 0 Å². The highest BCUT2D eigenvalue weighted by atomic mass is 32.2. The normalized spacial score (nSPS) is 24.9. The Kier molecular flexibility index (Phi) is 5.45. The Morgan fingerprint density at radius 1 is 1.67 bits per heavy atom. The highest BCUT2D eigenvalue weighted by Crippen LogP contribution is 2.44. The number of thioether (sulfide) groups is 1. The van der Waals surface area contributed by atoms with Crippen molar-refractivity contribution in [3.63, 3.8) is 0 Å². The summed E-state index contributed by atoms with van der Waals surface area (Å²) < 4.78 is 29.3. The zero-order valence-corrected chi connectivity index (χ0v) is 13.5. The monoisotopic (exact) mass is 335 g/mol. The van der Waals surface area contributed by atoms with Gasteiger partial charge in [-0.2, -0.15) is 4.98 Å². The van der Waals surface area contributed by atoms with Gasteiger partial charge >= 0.3 is 5.69 Å². The van der Waals surface area contributed by atoms with E-state index in [1.165, 1.54) is 23.0 Å². The molecule has 21 heavy (non-hydrogen) atoms. The average Bonchev–Trinajstić information content (AvgIpc) is 2.85. The van der Waals surface area contributed by atoms with Gasteiger partial charge in [0.2, 0.25) is 13.0 Å². The fourth-order valence-electron chi connectivity index (χ4n) is 1.75. The van der Waals surface area contributed by atoms with E-state index in [1.807, 2.05) is 0 Å². The number of rotatable bonds is 6. The van der Waals surface area contributed by atoms with E-state index in [0.717, 1.165) is 0 Å². The Morgan fingerprint density at radius 2 is 2.43 bits per heavy atom. The van der Waals surface area contributed by atoms with Gasteiger partial charge in [-0.1, -0.05) is 11.8 Å². The summed E-state index contributed by atoms with van der Waals surface area (Å²) in [5.74, 6) is 0.177. The zero-order valence-electron chi connectivity index (χ0n) is 11.8. The molecule has 118 valence electrons. The zero-order chi connectivity index (χ0) is 15.5. The molecule has 1 aromatic heterocycles. The summed E-state index contributed by atoms with van der Waals surface area (Å²) in [6.07, 6.45) is 1.54. The molecule has 3 atom stereocenters. The average molecular weight is 335 g/mol. The first kappa shape index (κ1) is 16.5. The molecule has 2 heterocycles. The Bertz CT molecular complexity index is 595. The number of hydrogen-bond donors (Lipinski definition) is 1. The van der Waals surface area contributed by atoms with Crippen LogP contribution in [0.4, 0.5) is 5.82 Å². The lowest BCUT2D eigenvalue weighted by Crippen LogP contribution is -2.26. The van der Waals surface area contributed by atoms with Gasteiger partial charge in [-0.3, -0.25) is 9.13 Å². The molecule has 1 saturated heterocycles. The molecule has 0 saturated carbocycles. The second-order valence-corrected chi connectivity index (χ2v) is 8.23. The van der Waals surface area contributed by atoms with Gasteiger partial charge in [0.05, 0.1) is 13.2 Å². The molecule has 0 bridgehead atoms. The third-order valence-electron chi connectivity index (χ3n) is 2.65. The molecule has 0 spiro atoms. The van der Waals surface area contributed by atoms with Gasteiger partial charge in [0, 0.05) is 12.9 Å². The molecule has 1 aliphatic rings. The first-order chi connectivity index (χ1) is 9.91. The second kappa shape index (κ2) is 6.93. The Labute approximate surface area is 126 Å². The predicted octanol–water partition coefficient (Wildman–Crippen LogP) is 1.29. The summed E-state index contributed by atoms with van der Waals surface area (Å²) in [5, 5.41) is -0.251. The smallest absolute Gasteiger partial charge is 0.350 e. The number of hydrogen-bond acceptors (Lipinski definition) is 8. The fraction of sp³-hybridized carbons (Fsp3) is 0.636. The molecule has 8 nitrogen and oxygen atoms in total. The number of anilines is 1. The molecule has 2 N–H and O–H groups in total. The third kappa shape index (κ3) is 4.55.